The molecule has 0 radical (unpaired) electrons. The van der Waals surface area contributed by atoms with Crippen molar-refractivity contribution in [2.45, 2.75) is 13.0 Å². The van der Waals surface area contributed by atoms with E-state index in [2.05, 4.69) is 0 Å². The smallest absolute Gasteiger partial charge is 0.338 e. The van der Waals surface area contributed by atoms with Gasteiger partial charge in [-0.25, -0.2) is 4.79 Å². The SMILES string of the molecule is COC(=O)c1ccc(C2OC(=N)c3ccccc3C2=N)cc1-c1ccccc1C. The maximum absolute atomic E-state index is 12.4. The highest BCUT2D eigenvalue weighted by atomic mass is 16.5. The Morgan fingerprint density at radius 2 is 1.55 bits per heavy atom. The van der Waals surface area contributed by atoms with Crippen LogP contribution in [0.3, 0.4) is 0 Å². The van der Waals surface area contributed by atoms with Crippen molar-refractivity contribution in [3.63, 3.8) is 0 Å². The van der Waals surface area contributed by atoms with Crippen LogP contribution in [0, 0.1) is 17.7 Å². The highest BCUT2D eigenvalue weighted by Crippen LogP contribution is 2.35. The van der Waals surface area contributed by atoms with Crippen molar-refractivity contribution in [1.29, 1.82) is 10.8 Å². The molecule has 1 unspecified atom stereocenters. The van der Waals surface area contributed by atoms with Crippen molar-refractivity contribution < 1.29 is 14.3 Å². The predicted molar refractivity (Wildman–Crippen MR) is 112 cm³/mol. The minimum absolute atomic E-state index is 0.0380. The molecule has 0 aliphatic carbocycles. The number of rotatable bonds is 3. The van der Waals surface area contributed by atoms with Gasteiger partial charge in [0.1, 0.15) is 0 Å². The van der Waals surface area contributed by atoms with Gasteiger partial charge < -0.3 is 14.9 Å². The highest BCUT2D eigenvalue weighted by Gasteiger charge is 2.31. The number of ether oxygens (including phenoxy) is 2. The molecule has 3 aromatic rings. The van der Waals surface area contributed by atoms with Crippen LogP contribution in [0.25, 0.3) is 11.1 Å². The number of esters is 1. The van der Waals surface area contributed by atoms with Crippen LogP contribution >= 0.6 is 0 Å². The second-order valence-corrected chi connectivity index (χ2v) is 6.90. The molecule has 3 aromatic carbocycles. The minimum Gasteiger partial charge on any atom is -0.465 e. The number of nitrogens with one attached hydrogen (secondary N) is 2. The summed E-state index contributed by atoms with van der Waals surface area (Å²) in [6.07, 6.45) is -0.716. The first kappa shape index (κ1) is 18.6. The Morgan fingerprint density at radius 1 is 0.897 bits per heavy atom. The number of hydrogen-bond donors (Lipinski definition) is 2. The molecule has 5 nitrogen and oxygen atoms in total. The molecular weight excluding hydrogens is 364 g/mol. The van der Waals surface area contributed by atoms with Crippen molar-refractivity contribution in [2.24, 2.45) is 0 Å². The van der Waals surface area contributed by atoms with E-state index in [4.69, 9.17) is 20.3 Å². The largest absolute Gasteiger partial charge is 0.465 e. The molecule has 0 bridgehead atoms. The van der Waals surface area contributed by atoms with Gasteiger partial charge in [0.05, 0.1) is 18.4 Å². The quantitative estimate of drug-likeness (QED) is 0.629. The van der Waals surface area contributed by atoms with E-state index >= 15 is 0 Å². The van der Waals surface area contributed by atoms with Gasteiger partial charge >= 0.3 is 5.97 Å². The Balaban J connectivity index is 1.85. The van der Waals surface area contributed by atoms with Crippen LogP contribution < -0.4 is 0 Å². The lowest BCUT2D eigenvalue weighted by Gasteiger charge is -2.28. The van der Waals surface area contributed by atoms with Gasteiger partial charge in [-0.3, -0.25) is 5.41 Å². The van der Waals surface area contributed by atoms with Crippen molar-refractivity contribution in [3.8, 4) is 11.1 Å². The fraction of sp³-hybridized carbons (Fsp3) is 0.125. The Morgan fingerprint density at radius 3 is 2.24 bits per heavy atom. The summed E-state index contributed by atoms with van der Waals surface area (Å²) in [7, 11) is 1.36. The Bertz CT molecular complexity index is 1150. The Labute approximate surface area is 168 Å². The van der Waals surface area contributed by atoms with Gasteiger partial charge in [0, 0.05) is 11.1 Å². The monoisotopic (exact) mass is 384 g/mol. The number of hydrogen-bond acceptors (Lipinski definition) is 5. The van der Waals surface area contributed by atoms with E-state index < -0.39 is 12.1 Å². The second-order valence-electron chi connectivity index (χ2n) is 6.90. The van der Waals surface area contributed by atoms with E-state index in [1.54, 1.807) is 18.2 Å². The van der Waals surface area contributed by atoms with Gasteiger partial charge in [-0.1, -0.05) is 48.5 Å². The van der Waals surface area contributed by atoms with Crippen molar-refractivity contribution in [3.05, 3.63) is 94.5 Å². The van der Waals surface area contributed by atoms with Crippen LogP contribution in [0.5, 0.6) is 0 Å². The fourth-order valence-electron chi connectivity index (χ4n) is 3.64. The van der Waals surface area contributed by atoms with Gasteiger partial charge in [-0.15, -0.1) is 0 Å². The molecule has 144 valence electrons. The lowest BCUT2D eigenvalue weighted by atomic mass is 9.88. The second kappa shape index (κ2) is 7.36. The van der Waals surface area contributed by atoms with E-state index in [1.165, 1.54) is 7.11 Å². The van der Waals surface area contributed by atoms with Gasteiger partial charge in [0.25, 0.3) is 0 Å². The number of fused-ring (bicyclic) bond motifs is 1. The number of benzene rings is 3. The van der Waals surface area contributed by atoms with Gasteiger partial charge in [-0.2, -0.15) is 0 Å². The Hall–Kier alpha value is -3.73. The van der Waals surface area contributed by atoms with Crippen molar-refractivity contribution in [2.75, 3.05) is 7.11 Å². The van der Waals surface area contributed by atoms with E-state index in [1.807, 2.05) is 55.5 Å². The minimum atomic E-state index is -0.716. The van der Waals surface area contributed by atoms with Gasteiger partial charge in [-0.05, 0) is 47.4 Å². The fourth-order valence-corrected chi connectivity index (χ4v) is 3.64. The lowest BCUT2D eigenvalue weighted by Crippen LogP contribution is -2.28. The maximum Gasteiger partial charge on any atom is 0.338 e. The summed E-state index contributed by atoms with van der Waals surface area (Å²) in [4.78, 5) is 12.4. The number of aryl methyl sites for hydroxylation is 1. The van der Waals surface area contributed by atoms with Crippen molar-refractivity contribution >= 4 is 17.6 Å². The van der Waals surface area contributed by atoms with Crippen LogP contribution in [0.2, 0.25) is 0 Å². The average Bonchev–Trinajstić information content (AvgIpc) is 2.76. The summed E-state index contributed by atoms with van der Waals surface area (Å²) in [6.45, 7) is 1.98. The van der Waals surface area contributed by atoms with Crippen LogP contribution in [0.1, 0.15) is 38.7 Å². The summed E-state index contributed by atoms with van der Waals surface area (Å²) in [6, 6.07) is 20.4. The van der Waals surface area contributed by atoms with E-state index in [9.17, 15) is 4.79 Å². The summed E-state index contributed by atoms with van der Waals surface area (Å²) in [5.74, 6) is -0.386. The molecule has 2 N–H and O–H groups in total. The summed E-state index contributed by atoms with van der Waals surface area (Å²) in [5.41, 5.74) is 5.39. The molecule has 1 aliphatic rings. The van der Waals surface area contributed by atoms with E-state index in [-0.39, 0.29) is 11.6 Å². The first-order valence-corrected chi connectivity index (χ1v) is 9.23. The van der Waals surface area contributed by atoms with Crippen LogP contribution in [0.15, 0.2) is 66.7 Å². The van der Waals surface area contributed by atoms with Gasteiger partial charge in [0.15, 0.2) is 6.10 Å². The maximum atomic E-state index is 12.4. The van der Waals surface area contributed by atoms with Crippen molar-refractivity contribution in [1.82, 2.24) is 0 Å². The third kappa shape index (κ3) is 3.21. The summed E-state index contributed by atoms with van der Waals surface area (Å²) in [5, 5.41) is 16.9. The average molecular weight is 384 g/mol. The molecular formula is C24H20N2O3. The first-order chi connectivity index (χ1) is 14.0. The molecule has 1 aliphatic heterocycles. The molecule has 0 aromatic heterocycles. The zero-order valence-corrected chi connectivity index (χ0v) is 16.2. The summed E-state index contributed by atoms with van der Waals surface area (Å²) >= 11 is 0. The molecule has 0 spiro atoms. The van der Waals surface area contributed by atoms with E-state index in [0.29, 0.717) is 27.8 Å². The highest BCUT2D eigenvalue weighted by molar-refractivity contribution is 6.14. The third-order valence-corrected chi connectivity index (χ3v) is 5.15. The predicted octanol–water partition coefficient (Wildman–Crippen LogP) is 4.91. The molecule has 0 saturated carbocycles. The number of carbonyl (C=O) groups excluding carboxylic acids is 1. The third-order valence-electron chi connectivity index (χ3n) is 5.15. The zero-order valence-electron chi connectivity index (χ0n) is 16.2. The lowest BCUT2D eigenvalue weighted by molar-refractivity contribution is 0.0601. The zero-order chi connectivity index (χ0) is 20.5. The molecule has 0 fully saturated rings. The first-order valence-electron chi connectivity index (χ1n) is 9.23. The normalized spacial score (nSPS) is 15.4. The number of carbonyl (C=O) groups is 1. The van der Waals surface area contributed by atoms with E-state index in [0.717, 1.165) is 11.1 Å². The van der Waals surface area contributed by atoms with Crippen LogP contribution in [-0.4, -0.2) is 24.7 Å². The molecule has 4 rings (SSSR count). The standard InChI is InChI=1S/C24H20N2O3/c1-14-7-3-4-8-16(14)20-13-15(11-12-19(20)24(27)28-2)22-21(25)17-9-5-6-10-18(17)23(26)29-22/h3-13,22,25-26H,1-2H3. The van der Waals surface area contributed by atoms with Crippen LogP contribution in [-0.2, 0) is 9.47 Å². The Kier molecular flexibility index (Phi) is 4.72. The molecule has 0 amide bonds. The van der Waals surface area contributed by atoms with Gasteiger partial charge in [0.2, 0.25) is 5.90 Å². The molecule has 0 saturated heterocycles. The topological polar surface area (TPSA) is 83.2 Å². The molecule has 29 heavy (non-hydrogen) atoms. The molecule has 1 atom stereocenters. The number of methoxy groups -OCH3 is 1. The molecule has 1 heterocycles. The van der Waals surface area contributed by atoms with Crippen LogP contribution in [0.4, 0.5) is 0 Å². The summed E-state index contributed by atoms with van der Waals surface area (Å²) < 4.78 is 10.8. The molecule has 5 heteroatoms.